The van der Waals surface area contributed by atoms with Crippen LogP contribution in [0.5, 0.6) is 0 Å². The Labute approximate surface area is 276 Å². The molecule has 4 heteroatoms. The number of rotatable bonds is 5. The van der Waals surface area contributed by atoms with Gasteiger partial charge >= 0.3 is 0 Å². The molecule has 0 saturated carbocycles. The minimum Gasteiger partial charge on any atom is -0.455 e. The van der Waals surface area contributed by atoms with Crippen LogP contribution in [0.4, 0.5) is 0 Å². The van der Waals surface area contributed by atoms with Gasteiger partial charge in [0.1, 0.15) is 11.2 Å². The molecule has 0 saturated heterocycles. The second kappa shape index (κ2) is 10.7. The largest absolute Gasteiger partial charge is 0.455 e. The van der Waals surface area contributed by atoms with E-state index < -0.39 is 8.07 Å². The summed E-state index contributed by atoms with van der Waals surface area (Å²) >= 11 is 3.70. The molecule has 0 spiro atoms. The maximum atomic E-state index is 6.57. The van der Waals surface area contributed by atoms with E-state index >= 15 is 0 Å². The van der Waals surface area contributed by atoms with Crippen molar-refractivity contribution < 1.29 is 4.42 Å². The van der Waals surface area contributed by atoms with E-state index in [9.17, 15) is 0 Å². The van der Waals surface area contributed by atoms with Gasteiger partial charge in [-0.1, -0.05) is 137 Å². The monoisotopic (exact) mass is 669 g/mol. The van der Waals surface area contributed by atoms with Gasteiger partial charge in [-0.2, -0.15) is 0 Å². The molecule has 0 unspecified atom stereocenters. The van der Waals surface area contributed by atoms with Gasteiger partial charge in [0, 0.05) is 26.3 Å². The predicted molar refractivity (Wildman–Crippen MR) is 199 cm³/mol. The summed E-state index contributed by atoms with van der Waals surface area (Å²) in [5.74, 6) is 0. The first-order valence-electron chi connectivity index (χ1n) is 15.5. The first-order chi connectivity index (χ1) is 22.7. The fourth-order valence-corrected chi connectivity index (χ4v) is 12.5. The highest BCUT2D eigenvalue weighted by Crippen LogP contribution is 2.40. The van der Waals surface area contributed by atoms with E-state index in [2.05, 4.69) is 184 Å². The number of para-hydroxylation sites is 2. The van der Waals surface area contributed by atoms with Gasteiger partial charge in [0.2, 0.25) is 0 Å². The molecule has 0 N–H and O–H groups in total. The van der Waals surface area contributed by atoms with Crippen molar-refractivity contribution in [3.05, 3.63) is 174 Å². The van der Waals surface area contributed by atoms with Crippen molar-refractivity contribution in [1.29, 1.82) is 0 Å². The molecule has 2 nitrogen and oxygen atoms in total. The summed E-state index contributed by atoms with van der Waals surface area (Å²) < 4.78 is 10.1. The lowest BCUT2D eigenvalue weighted by molar-refractivity contribution is 0.673. The zero-order chi connectivity index (χ0) is 30.7. The van der Waals surface area contributed by atoms with E-state index in [-0.39, 0.29) is 0 Å². The van der Waals surface area contributed by atoms with Crippen LogP contribution in [-0.4, -0.2) is 12.6 Å². The van der Waals surface area contributed by atoms with Crippen LogP contribution in [0, 0.1) is 0 Å². The smallest absolute Gasteiger partial charge is 0.179 e. The minimum atomic E-state index is -2.72. The molecule has 2 aromatic heterocycles. The standard InChI is InChI=1S/C42H28BrNOSi/c43-29-22-24-33(25-23-29)46(31-13-3-1-4-14-31,32-15-5-2-6-16-32)34-17-11-12-30(28-34)44-38-20-9-7-19-37(38)41-39(44)27-26-36-35-18-8-10-21-40(35)45-42(36)41/h1-28H. The summed E-state index contributed by atoms with van der Waals surface area (Å²) in [4.78, 5) is 0. The fourth-order valence-electron chi connectivity index (χ4n) is 7.47. The highest BCUT2D eigenvalue weighted by molar-refractivity contribution is 9.10. The van der Waals surface area contributed by atoms with Crippen molar-refractivity contribution in [2.24, 2.45) is 0 Å². The first-order valence-corrected chi connectivity index (χ1v) is 18.3. The highest BCUT2D eigenvalue weighted by Gasteiger charge is 2.41. The predicted octanol–water partition coefficient (Wildman–Crippen LogP) is 8.82. The quantitative estimate of drug-likeness (QED) is 0.132. The van der Waals surface area contributed by atoms with E-state index in [1.54, 1.807) is 0 Å². The molecule has 0 aliphatic rings. The molecular formula is C42H28BrNOSi. The number of benzene rings is 7. The summed E-state index contributed by atoms with van der Waals surface area (Å²) in [5, 5.41) is 10.0. The lowest BCUT2D eigenvalue weighted by Crippen LogP contribution is -2.74. The van der Waals surface area contributed by atoms with E-state index in [4.69, 9.17) is 4.42 Å². The van der Waals surface area contributed by atoms with Crippen LogP contribution >= 0.6 is 15.9 Å². The lowest BCUT2D eigenvalue weighted by atomic mass is 10.1. The molecule has 7 aromatic carbocycles. The van der Waals surface area contributed by atoms with Crippen molar-refractivity contribution in [2.75, 3.05) is 0 Å². The number of hydrogen-bond acceptors (Lipinski definition) is 1. The number of fused-ring (bicyclic) bond motifs is 7. The van der Waals surface area contributed by atoms with Gasteiger partial charge in [0.25, 0.3) is 0 Å². The van der Waals surface area contributed by atoms with Gasteiger partial charge < -0.3 is 8.98 Å². The highest BCUT2D eigenvalue weighted by atomic mass is 79.9. The number of nitrogens with zero attached hydrogens (tertiary/aromatic N) is 1. The number of furan rings is 1. The van der Waals surface area contributed by atoms with Crippen LogP contribution < -0.4 is 20.7 Å². The Hall–Kier alpha value is -5.16. The Morgan fingerprint density at radius 2 is 1.07 bits per heavy atom. The van der Waals surface area contributed by atoms with Crippen LogP contribution in [0.25, 0.3) is 49.4 Å². The van der Waals surface area contributed by atoms with Gasteiger partial charge in [-0.05, 0) is 69.3 Å². The topological polar surface area (TPSA) is 18.1 Å². The van der Waals surface area contributed by atoms with E-state index in [0.717, 1.165) is 48.5 Å². The molecule has 2 heterocycles. The Balaban J connectivity index is 1.37. The Bertz CT molecular complexity index is 2490. The second-order valence-electron chi connectivity index (χ2n) is 11.8. The van der Waals surface area contributed by atoms with E-state index in [1.165, 1.54) is 26.1 Å². The number of halogens is 1. The molecule has 218 valence electrons. The zero-order valence-corrected chi connectivity index (χ0v) is 27.5. The summed E-state index contributed by atoms with van der Waals surface area (Å²) in [6.45, 7) is 0. The molecule has 0 atom stereocenters. The van der Waals surface area contributed by atoms with Crippen molar-refractivity contribution >= 4 is 88.5 Å². The van der Waals surface area contributed by atoms with Crippen LogP contribution in [0.3, 0.4) is 0 Å². The third-order valence-electron chi connectivity index (χ3n) is 9.41. The summed E-state index contributed by atoms with van der Waals surface area (Å²) in [6, 6.07) is 61.9. The van der Waals surface area contributed by atoms with Gasteiger partial charge in [-0.25, -0.2) is 0 Å². The lowest BCUT2D eigenvalue weighted by Gasteiger charge is -2.34. The van der Waals surface area contributed by atoms with Crippen molar-refractivity contribution in [3.63, 3.8) is 0 Å². The molecule has 0 amide bonds. The fraction of sp³-hybridized carbons (Fsp3) is 0. The van der Waals surface area contributed by atoms with Crippen molar-refractivity contribution in [3.8, 4) is 5.69 Å². The van der Waals surface area contributed by atoms with Gasteiger partial charge in [-0.15, -0.1) is 0 Å². The average Bonchev–Trinajstić information content (AvgIpc) is 3.66. The molecule has 0 aliphatic carbocycles. The van der Waals surface area contributed by atoms with Crippen molar-refractivity contribution in [2.45, 2.75) is 0 Å². The Morgan fingerprint density at radius 3 is 1.80 bits per heavy atom. The van der Waals surface area contributed by atoms with Crippen LogP contribution in [-0.2, 0) is 0 Å². The summed E-state index contributed by atoms with van der Waals surface area (Å²) in [6.07, 6.45) is 0. The van der Waals surface area contributed by atoms with Gasteiger partial charge in [-0.3, -0.25) is 0 Å². The number of aromatic nitrogens is 1. The molecule has 0 aliphatic heterocycles. The summed E-state index contributed by atoms with van der Waals surface area (Å²) in [7, 11) is -2.72. The third-order valence-corrected chi connectivity index (χ3v) is 14.7. The van der Waals surface area contributed by atoms with Crippen LogP contribution in [0.15, 0.2) is 179 Å². The van der Waals surface area contributed by atoms with Crippen molar-refractivity contribution in [1.82, 2.24) is 4.57 Å². The molecular weight excluding hydrogens is 642 g/mol. The molecule has 46 heavy (non-hydrogen) atoms. The molecule has 0 fully saturated rings. The maximum Gasteiger partial charge on any atom is 0.179 e. The van der Waals surface area contributed by atoms with Gasteiger partial charge in [0.15, 0.2) is 8.07 Å². The van der Waals surface area contributed by atoms with E-state index in [1.807, 2.05) is 6.07 Å². The molecule has 9 aromatic rings. The van der Waals surface area contributed by atoms with Crippen LogP contribution in [0.1, 0.15) is 0 Å². The zero-order valence-electron chi connectivity index (χ0n) is 24.9. The maximum absolute atomic E-state index is 6.57. The Morgan fingerprint density at radius 1 is 0.457 bits per heavy atom. The number of hydrogen-bond donors (Lipinski definition) is 0. The van der Waals surface area contributed by atoms with E-state index in [0.29, 0.717) is 0 Å². The third kappa shape index (κ3) is 4.00. The first kappa shape index (κ1) is 27.2. The average molecular weight is 671 g/mol. The second-order valence-corrected chi connectivity index (χ2v) is 16.6. The van der Waals surface area contributed by atoms with Gasteiger partial charge in [0.05, 0.1) is 16.4 Å². The molecule has 0 bridgehead atoms. The molecule has 9 rings (SSSR count). The SMILES string of the molecule is Brc1ccc([Si](c2ccccc2)(c2ccccc2)c2cccc(-n3c4ccccc4c4c5oc6ccccc6c5ccc43)c2)cc1. The molecule has 0 radical (unpaired) electrons. The summed E-state index contributed by atoms with van der Waals surface area (Å²) in [5.41, 5.74) is 5.30. The van der Waals surface area contributed by atoms with Crippen LogP contribution in [0.2, 0.25) is 0 Å². The normalized spacial score (nSPS) is 12.0. The Kier molecular flexibility index (Phi) is 6.34. The minimum absolute atomic E-state index is 0.917.